The van der Waals surface area contributed by atoms with Gasteiger partial charge in [0, 0.05) is 19.5 Å². The lowest BCUT2D eigenvalue weighted by Gasteiger charge is -2.20. The summed E-state index contributed by atoms with van der Waals surface area (Å²) in [5.41, 5.74) is 0.963. The SMILES string of the molecule is O=C(CCNC(=O)c1cccs1)NCCc1cc(Cl)c2c(c1)OCCO2. The molecule has 26 heavy (non-hydrogen) atoms. The zero-order valence-corrected chi connectivity index (χ0v) is 15.6. The molecule has 0 fully saturated rings. The van der Waals surface area contributed by atoms with E-state index in [1.54, 1.807) is 6.07 Å². The second kappa shape index (κ2) is 8.91. The number of fused-ring (bicyclic) bond motifs is 1. The van der Waals surface area contributed by atoms with E-state index in [1.807, 2.05) is 23.6 Å². The van der Waals surface area contributed by atoms with E-state index in [-0.39, 0.29) is 18.2 Å². The first-order valence-corrected chi connectivity index (χ1v) is 9.55. The Kier molecular flexibility index (Phi) is 6.35. The third-order valence-electron chi connectivity index (χ3n) is 3.78. The smallest absolute Gasteiger partial charge is 0.261 e. The minimum Gasteiger partial charge on any atom is -0.486 e. The van der Waals surface area contributed by atoms with E-state index >= 15 is 0 Å². The molecule has 8 heteroatoms. The van der Waals surface area contributed by atoms with Gasteiger partial charge in [-0.2, -0.15) is 0 Å². The fraction of sp³-hybridized carbons (Fsp3) is 0.333. The molecule has 0 saturated carbocycles. The molecule has 138 valence electrons. The molecule has 1 aromatic heterocycles. The predicted octanol–water partition coefficient (Wildman–Crippen LogP) is 2.65. The Morgan fingerprint density at radius 3 is 2.81 bits per heavy atom. The lowest BCUT2D eigenvalue weighted by Crippen LogP contribution is -2.31. The molecule has 3 rings (SSSR count). The topological polar surface area (TPSA) is 76.7 Å². The van der Waals surface area contributed by atoms with Gasteiger partial charge in [-0.1, -0.05) is 17.7 Å². The highest BCUT2D eigenvalue weighted by molar-refractivity contribution is 7.12. The maximum absolute atomic E-state index is 11.9. The number of carbonyl (C=O) groups is 2. The molecule has 0 atom stereocenters. The van der Waals surface area contributed by atoms with Gasteiger partial charge in [0.2, 0.25) is 5.91 Å². The summed E-state index contributed by atoms with van der Waals surface area (Å²) in [6, 6.07) is 7.27. The van der Waals surface area contributed by atoms with E-state index in [1.165, 1.54) is 11.3 Å². The Morgan fingerprint density at radius 1 is 1.15 bits per heavy atom. The summed E-state index contributed by atoms with van der Waals surface area (Å²) in [4.78, 5) is 24.3. The molecule has 1 aliphatic rings. The van der Waals surface area contributed by atoms with Crippen molar-refractivity contribution < 1.29 is 19.1 Å². The summed E-state index contributed by atoms with van der Waals surface area (Å²) in [7, 11) is 0. The molecule has 0 radical (unpaired) electrons. The fourth-order valence-electron chi connectivity index (χ4n) is 2.53. The summed E-state index contributed by atoms with van der Waals surface area (Å²) in [5.74, 6) is 0.951. The quantitative estimate of drug-likeness (QED) is 0.756. The third-order valence-corrected chi connectivity index (χ3v) is 4.92. The van der Waals surface area contributed by atoms with Crippen molar-refractivity contribution >= 4 is 34.8 Å². The fourth-order valence-corrected chi connectivity index (χ4v) is 3.46. The van der Waals surface area contributed by atoms with Crippen LogP contribution in [0.3, 0.4) is 0 Å². The van der Waals surface area contributed by atoms with Crippen LogP contribution in [0.5, 0.6) is 11.5 Å². The molecule has 1 aromatic carbocycles. The average Bonchev–Trinajstić information content (AvgIpc) is 3.16. The maximum atomic E-state index is 11.9. The van der Waals surface area contributed by atoms with Crippen molar-refractivity contribution in [1.29, 1.82) is 0 Å². The van der Waals surface area contributed by atoms with E-state index in [4.69, 9.17) is 21.1 Å². The van der Waals surface area contributed by atoms with Crippen molar-refractivity contribution in [3.8, 4) is 11.5 Å². The molecular weight excluding hydrogens is 376 g/mol. The van der Waals surface area contributed by atoms with Crippen LogP contribution in [0.4, 0.5) is 0 Å². The van der Waals surface area contributed by atoms with Gasteiger partial charge in [0.1, 0.15) is 13.2 Å². The van der Waals surface area contributed by atoms with Gasteiger partial charge in [0.15, 0.2) is 11.5 Å². The molecule has 0 unspecified atom stereocenters. The van der Waals surface area contributed by atoms with Gasteiger partial charge < -0.3 is 20.1 Å². The molecule has 1 aliphatic heterocycles. The van der Waals surface area contributed by atoms with Crippen LogP contribution in [0.15, 0.2) is 29.6 Å². The zero-order chi connectivity index (χ0) is 18.4. The maximum Gasteiger partial charge on any atom is 0.261 e. The van der Waals surface area contributed by atoms with Crippen LogP contribution in [0, 0.1) is 0 Å². The lowest BCUT2D eigenvalue weighted by atomic mass is 10.1. The molecule has 0 spiro atoms. The number of halogens is 1. The Hall–Kier alpha value is -2.25. The van der Waals surface area contributed by atoms with Gasteiger partial charge in [-0.15, -0.1) is 11.3 Å². The first-order chi connectivity index (χ1) is 12.6. The Balaban J connectivity index is 1.38. The summed E-state index contributed by atoms with van der Waals surface area (Å²) in [6.45, 7) is 1.78. The average molecular weight is 395 g/mol. The van der Waals surface area contributed by atoms with Crippen LogP contribution < -0.4 is 20.1 Å². The van der Waals surface area contributed by atoms with Crippen LogP contribution in [-0.2, 0) is 11.2 Å². The number of nitrogens with one attached hydrogen (secondary N) is 2. The van der Waals surface area contributed by atoms with Gasteiger partial charge in [0.05, 0.1) is 9.90 Å². The second-order valence-electron chi connectivity index (χ2n) is 5.68. The highest BCUT2D eigenvalue weighted by Crippen LogP contribution is 2.38. The highest BCUT2D eigenvalue weighted by Gasteiger charge is 2.16. The number of benzene rings is 1. The first kappa shape index (κ1) is 18.5. The summed E-state index contributed by atoms with van der Waals surface area (Å²) in [6.07, 6.45) is 0.864. The standard InChI is InChI=1S/C18H19ClN2O4S/c19-13-10-12(11-14-17(13)25-8-7-24-14)3-5-20-16(22)4-6-21-18(23)15-2-1-9-26-15/h1-2,9-11H,3-8H2,(H,20,22)(H,21,23). The molecular formula is C18H19ClN2O4S. The van der Waals surface area contributed by atoms with Crippen LogP contribution in [0.1, 0.15) is 21.7 Å². The van der Waals surface area contributed by atoms with Gasteiger partial charge in [-0.3, -0.25) is 9.59 Å². The van der Waals surface area contributed by atoms with Crippen molar-refractivity contribution in [2.75, 3.05) is 26.3 Å². The van der Waals surface area contributed by atoms with Gasteiger partial charge >= 0.3 is 0 Å². The van der Waals surface area contributed by atoms with Crippen LogP contribution in [0.2, 0.25) is 5.02 Å². The van der Waals surface area contributed by atoms with Crippen LogP contribution in [0.25, 0.3) is 0 Å². The molecule has 0 bridgehead atoms. The number of rotatable bonds is 7. The lowest BCUT2D eigenvalue weighted by molar-refractivity contribution is -0.120. The van der Waals surface area contributed by atoms with Gasteiger partial charge in [-0.25, -0.2) is 0 Å². The number of amides is 2. The summed E-state index contributed by atoms with van der Waals surface area (Å²) < 4.78 is 11.0. The van der Waals surface area contributed by atoms with Crippen LogP contribution >= 0.6 is 22.9 Å². The van der Waals surface area contributed by atoms with Crippen molar-refractivity contribution in [3.05, 3.63) is 45.1 Å². The van der Waals surface area contributed by atoms with Crippen molar-refractivity contribution in [1.82, 2.24) is 10.6 Å². The summed E-state index contributed by atoms with van der Waals surface area (Å²) in [5, 5.41) is 7.92. The first-order valence-electron chi connectivity index (χ1n) is 8.30. The number of hydrogen-bond donors (Lipinski definition) is 2. The number of hydrogen-bond acceptors (Lipinski definition) is 5. The summed E-state index contributed by atoms with van der Waals surface area (Å²) >= 11 is 7.57. The predicted molar refractivity (Wildman–Crippen MR) is 100 cm³/mol. The van der Waals surface area contributed by atoms with E-state index in [0.717, 1.165) is 5.56 Å². The van der Waals surface area contributed by atoms with E-state index in [9.17, 15) is 9.59 Å². The Bertz CT molecular complexity index is 780. The monoisotopic (exact) mass is 394 g/mol. The van der Waals surface area contributed by atoms with Crippen LogP contribution in [-0.4, -0.2) is 38.1 Å². The minimum atomic E-state index is -0.154. The van der Waals surface area contributed by atoms with Gasteiger partial charge in [0.25, 0.3) is 5.91 Å². The molecule has 0 aliphatic carbocycles. The third kappa shape index (κ3) is 4.89. The number of thiophene rings is 1. The van der Waals surface area contributed by atoms with Gasteiger partial charge in [-0.05, 0) is 35.6 Å². The minimum absolute atomic E-state index is 0.111. The van der Waals surface area contributed by atoms with Crippen molar-refractivity contribution in [2.24, 2.45) is 0 Å². The molecule has 2 aromatic rings. The van der Waals surface area contributed by atoms with E-state index in [0.29, 0.717) is 54.1 Å². The number of ether oxygens (including phenoxy) is 2. The second-order valence-corrected chi connectivity index (χ2v) is 7.04. The molecule has 2 amide bonds. The highest BCUT2D eigenvalue weighted by atomic mass is 35.5. The molecule has 2 heterocycles. The Labute approximate surface area is 160 Å². The van der Waals surface area contributed by atoms with Crippen molar-refractivity contribution in [2.45, 2.75) is 12.8 Å². The Morgan fingerprint density at radius 2 is 2.00 bits per heavy atom. The van der Waals surface area contributed by atoms with E-state index in [2.05, 4.69) is 10.6 Å². The normalized spacial score (nSPS) is 12.5. The largest absolute Gasteiger partial charge is 0.486 e. The molecule has 6 nitrogen and oxygen atoms in total. The molecule has 2 N–H and O–H groups in total. The number of carbonyl (C=O) groups excluding carboxylic acids is 2. The van der Waals surface area contributed by atoms with E-state index < -0.39 is 0 Å². The zero-order valence-electron chi connectivity index (χ0n) is 14.0. The molecule has 0 saturated heterocycles. The van der Waals surface area contributed by atoms with Crippen molar-refractivity contribution in [3.63, 3.8) is 0 Å².